The van der Waals surface area contributed by atoms with Gasteiger partial charge in [-0.25, -0.2) is 0 Å². The predicted octanol–water partition coefficient (Wildman–Crippen LogP) is 4.91. The molecule has 0 fully saturated rings. The number of nitrogens with one attached hydrogen (secondary N) is 1. The molecule has 0 aliphatic carbocycles. The van der Waals surface area contributed by atoms with Crippen LogP contribution in [0.15, 0.2) is 40.9 Å². The van der Waals surface area contributed by atoms with E-state index in [1.807, 2.05) is 30.3 Å². The molecule has 0 aromatic heterocycles. The Kier molecular flexibility index (Phi) is 4.48. The minimum atomic E-state index is -0.133. The fourth-order valence-electron chi connectivity index (χ4n) is 2.13. The second kappa shape index (κ2) is 5.96. The Hall–Kier alpha value is -1.35. The summed E-state index contributed by atoms with van der Waals surface area (Å²) in [7, 11) is 0. The van der Waals surface area contributed by atoms with E-state index in [2.05, 4.69) is 48.1 Å². The molecular formula is C17H20BrNO. The van der Waals surface area contributed by atoms with Gasteiger partial charge in [0.1, 0.15) is 0 Å². The van der Waals surface area contributed by atoms with Gasteiger partial charge < -0.3 is 5.32 Å². The van der Waals surface area contributed by atoms with Crippen molar-refractivity contribution in [1.29, 1.82) is 0 Å². The average Bonchev–Trinajstić information content (AvgIpc) is 2.46. The number of benzene rings is 2. The van der Waals surface area contributed by atoms with Gasteiger partial charge in [0.25, 0.3) is 5.91 Å². The van der Waals surface area contributed by atoms with Crippen molar-refractivity contribution in [2.75, 3.05) is 0 Å². The Balaban J connectivity index is 2.29. The van der Waals surface area contributed by atoms with E-state index in [1.54, 1.807) is 0 Å². The maximum absolute atomic E-state index is 12.4. The number of amides is 1. The maximum atomic E-state index is 12.4. The zero-order valence-electron chi connectivity index (χ0n) is 12.2. The summed E-state index contributed by atoms with van der Waals surface area (Å²) < 4.78 is 1.05. The molecule has 20 heavy (non-hydrogen) atoms. The molecule has 0 atom stereocenters. The largest absolute Gasteiger partial charge is 0.347 e. The van der Waals surface area contributed by atoms with E-state index in [0.29, 0.717) is 5.56 Å². The van der Waals surface area contributed by atoms with Crippen molar-refractivity contribution in [1.82, 2.24) is 5.32 Å². The molecule has 2 nitrogen and oxygen atoms in total. The molecule has 106 valence electrons. The molecule has 0 saturated heterocycles. The summed E-state index contributed by atoms with van der Waals surface area (Å²) in [5.74, 6) is 0.000943. The molecule has 2 rings (SSSR count). The highest BCUT2D eigenvalue weighted by atomic mass is 79.9. The van der Waals surface area contributed by atoms with Crippen LogP contribution in [0, 0.1) is 0 Å². The fraction of sp³-hybridized carbons (Fsp3) is 0.353. The van der Waals surface area contributed by atoms with Crippen LogP contribution in [0.25, 0.3) is 10.8 Å². The molecule has 1 amide bonds. The third-order valence-electron chi connectivity index (χ3n) is 4.04. The van der Waals surface area contributed by atoms with Gasteiger partial charge in [-0.05, 0) is 54.8 Å². The second-order valence-corrected chi connectivity index (χ2v) is 6.34. The molecule has 0 unspecified atom stereocenters. The van der Waals surface area contributed by atoms with Crippen LogP contribution in [0.4, 0.5) is 0 Å². The Labute approximate surface area is 128 Å². The normalized spacial score (nSPS) is 11.6. The summed E-state index contributed by atoms with van der Waals surface area (Å²) in [6.07, 6.45) is 1.85. The van der Waals surface area contributed by atoms with E-state index in [-0.39, 0.29) is 11.4 Å². The number of hydrogen-bond donors (Lipinski definition) is 1. The molecule has 0 saturated carbocycles. The molecule has 2 aromatic carbocycles. The smallest absolute Gasteiger partial charge is 0.251 e. The summed E-state index contributed by atoms with van der Waals surface area (Å²) in [5, 5.41) is 5.35. The third-order valence-corrected chi connectivity index (χ3v) is 4.53. The van der Waals surface area contributed by atoms with Crippen LogP contribution in [0.5, 0.6) is 0 Å². The first kappa shape index (κ1) is 15.0. The molecule has 0 bridgehead atoms. The topological polar surface area (TPSA) is 29.1 Å². The van der Waals surface area contributed by atoms with Crippen LogP contribution in [-0.2, 0) is 0 Å². The van der Waals surface area contributed by atoms with E-state index in [1.165, 1.54) is 0 Å². The Morgan fingerprint density at radius 1 is 1.10 bits per heavy atom. The highest BCUT2D eigenvalue weighted by Gasteiger charge is 2.22. The highest BCUT2D eigenvalue weighted by Crippen LogP contribution is 2.22. The fourth-order valence-corrected chi connectivity index (χ4v) is 2.51. The van der Waals surface area contributed by atoms with Gasteiger partial charge in [0.05, 0.1) is 0 Å². The second-order valence-electron chi connectivity index (χ2n) is 5.43. The first-order valence-corrected chi connectivity index (χ1v) is 7.78. The lowest BCUT2D eigenvalue weighted by atomic mass is 9.95. The van der Waals surface area contributed by atoms with E-state index in [4.69, 9.17) is 0 Å². The first-order valence-electron chi connectivity index (χ1n) is 6.99. The summed E-state index contributed by atoms with van der Waals surface area (Å²) >= 11 is 3.46. The average molecular weight is 334 g/mol. The summed E-state index contributed by atoms with van der Waals surface area (Å²) in [6.45, 7) is 6.28. The highest BCUT2D eigenvalue weighted by molar-refractivity contribution is 9.10. The van der Waals surface area contributed by atoms with E-state index < -0.39 is 0 Å². The van der Waals surface area contributed by atoms with Crippen LogP contribution in [0.3, 0.4) is 0 Å². The molecule has 3 heteroatoms. The van der Waals surface area contributed by atoms with Crippen molar-refractivity contribution >= 4 is 32.6 Å². The lowest BCUT2D eigenvalue weighted by Gasteiger charge is -2.28. The minimum absolute atomic E-state index is 0.000943. The maximum Gasteiger partial charge on any atom is 0.251 e. The van der Waals surface area contributed by atoms with Crippen molar-refractivity contribution in [3.05, 3.63) is 46.4 Å². The van der Waals surface area contributed by atoms with Gasteiger partial charge in [0, 0.05) is 15.6 Å². The van der Waals surface area contributed by atoms with Gasteiger partial charge in [-0.2, -0.15) is 0 Å². The van der Waals surface area contributed by atoms with Gasteiger partial charge in [-0.15, -0.1) is 0 Å². The lowest BCUT2D eigenvalue weighted by molar-refractivity contribution is 0.0901. The molecule has 0 aliphatic heterocycles. The quantitative estimate of drug-likeness (QED) is 0.846. The number of hydrogen-bond acceptors (Lipinski definition) is 1. The predicted molar refractivity (Wildman–Crippen MR) is 88.1 cm³/mol. The van der Waals surface area contributed by atoms with Gasteiger partial charge in [-0.3, -0.25) is 4.79 Å². The van der Waals surface area contributed by atoms with Gasteiger partial charge in [-0.1, -0.05) is 41.9 Å². The molecular weight excluding hydrogens is 314 g/mol. The van der Waals surface area contributed by atoms with Crippen LogP contribution in [-0.4, -0.2) is 11.4 Å². The standard InChI is InChI=1S/C17H20BrNO/c1-4-17(3,5-2)19-16(20)14-7-6-13-11-15(18)9-8-12(13)10-14/h6-11H,4-5H2,1-3H3,(H,19,20). The lowest BCUT2D eigenvalue weighted by Crippen LogP contribution is -2.44. The van der Waals surface area contributed by atoms with E-state index in [0.717, 1.165) is 28.1 Å². The van der Waals surface area contributed by atoms with Crippen molar-refractivity contribution < 1.29 is 4.79 Å². The zero-order valence-corrected chi connectivity index (χ0v) is 13.8. The minimum Gasteiger partial charge on any atom is -0.347 e. The molecule has 0 heterocycles. The van der Waals surface area contributed by atoms with Crippen LogP contribution in [0.2, 0.25) is 0 Å². The molecule has 0 spiro atoms. The van der Waals surface area contributed by atoms with E-state index >= 15 is 0 Å². The summed E-state index contributed by atoms with van der Waals surface area (Å²) in [5.41, 5.74) is 0.583. The van der Waals surface area contributed by atoms with Crippen LogP contribution < -0.4 is 5.32 Å². The molecule has 2 aromatic rings. The number of fused-ring (bicyclic) bond motifs is 1. The Morgan fingerprint density at radius 2 is 1.70 bits per heavy atom. The van der Waals surface area contributed by atoms with Gasteiger partial charge >= 0.3 is 0 Å². The zero-order chi connectivity index (χ0) is 14.8. The first-order chi connectivity index (χ1) is 9.47. The van der Waals surface area contributed by atoms with Crippen molar-refractivity contribution in [3.8, 4) is 0 Å². The number of halogens is 1. The number of rotatable bonds is 4. The molecule has 0 radical (unpaired) electrons. The Morgan fingerprint density at radius 3 is 2.35 bits per heavy atom. The Bertz CT molecular complexity index is 632. The van der Waals surface area contributed by atoms with Gasteiger partial charge in [0.2, 0.25) is 0 Å². The summed E-state index contributed by atoms with van der Waals surface area (Å²) in [6, 6.07) is 11.9. The summed E-state index contributed by atoms with van der Waals surface area (Å²) in [4.78, 5) is 12.4. The SMILES string of the molecule is CCC(C)(CC)NC(=O)c1ccc2cc(Br)ccc2c1. The van der Waals surface area contributed by atoms with Crippen LogP contribution >= 0.6 is 15.9 Å². The van der Waals surface area contributed by atoms with Crippen LogP contribution in [0.1, 0.15) is 44.0 Å². The van der Waals surface area contributed by atoms with Crippen molar-refractivity contribution in [2.45, 2.75) is 39.2 Å². The van der Waals surface area contributed by atoms with Crippen molar-refractivity contribution in [3.63, 3.8) is 0 Å². The third kappa shape index (κ3) is 3.21. The monoisotopic (exact) mass is 333 g/mol. The number of carbonyl (C=O) groups is 1. The molecule has 0 aliphatic rings. The van der Waals surface area contributed by atoms with Crippen molar-refractivity contribution in [2.24, 2.45) is 0 Å². The van der Waals surface area contributed by atoms with Gasteiger partial charge in [0.15, 0.2) is 0 Å². The molecule has 1 N–H and O–H groups in total. The van der Waals surface area contributed by atoms with E-state index in [9.17, 15) is 4.79 Å². The number of carbonyl (C=O) groups excluding carboxylic acids is 1.